The monoisotopic (exact) mass is 276 g/mol. The zero-order valence-electron chi connectivity index (χ0n) is 11.1. The first-order chi connectivity index (χ1) is 9.61. The maximum absolute atomic E-state index is 13.0. The van der Waals surface area contributed by atoms with E-state index in [-0.39, 0.29) is 30.1 Å². The van der Waals surface area contributed by atoms with Crippen LogP contribution in [-0.4, -0.2) is 35.3 Å². The van der Waals surface area contributed by atoms with Crippen LogP contribution in [0.4, 0.5) is 4.39 Å². The van der Waals surface area contributed by atoms with Crippen LogP contribution in [0, 0.1) is 5.82 Å². The van der Waals surface area contributed by atoms with Crippen LogP contribution < -0.4 is 5.32 Å². The molecule has 0 radical (unpaired) electrons. The molecule has 2 aliphatic rings. The fraction of sp³-hybridized carbons (Fsp3) is 0.467. The summed E-state index contributed by atoms with van der Waals surface area (Å²) in [4.78, 5) is 25.6. The van der Waals surface area contributed by atoms with Crippen LogP contribution in [0.1, 0.15) is 24.8 Å². The van der Waals surface area contributed by atoms with Gasteiger partial charge in [0.05, 0.1) is 12.5 Å². The molecule has 0 bridgehead atoms. The molecule has 0 spiro atoms. The topological polar surface area (TPSA) is 49.4 Å². The standard InChI is InChI=1S/C15H17FN2O2/c16-11-3-1-2-10(6-11)7-14(19)17-12-8-15(20)18(9-12)13-4-5-13/h1-3,6,12-13H,4-5,7-9H2,(H,17,19). The van der Waals surface area contributed by atoms with Gasteiger partial charge in [-0.3, -0.25) is 9.59 Å². The summed E-state index contributed by atoms with van der Waals surface area (Å²) < 4.78 is 13.0. The average Bonchev–Trinajstić information content (AvgIpc) is 3.14. The molecule has 1 aromatic rings. The van der Waals surface area contributed by atoms with Crippen LogP contribution in [-0.2, 0) is 16.0 Å². The molecule has 1 aliphatic heterocycles. The van der Waals surface area contributed by atoms with Crippen molar-refractivity contribution >= 4 is 11.8 Å². The Morgan fingerprint density at radius 2 is 2.20 bits per heavy atom. The van der Waals surface area contributed by atoms with E-state index in [0.29, 0.717) is 24.6 Å². The summed E-state index contributed by atoms with van der Waals surface area (Å²) in [7, 11) is 0. The van der Waals surface area contributed by atoms with E-state index in [2.05, 4.69) is 5.32 Å². The Bertz CT molecular complexity index is 542. The second-order valence-electron chi connectivity index (χ2n) is 5.55. The molecule has 4 nitrogen and oxygen atoms in total. The SMILES string of the molecule is O=C(Cc1cccc(F)c1)NC1CC(=O)N(C2CC2)C1. The van der Waals surface area contributed by atoms with Crippen LogP contribution in [0.5, 0.6) is 0 Å². The van der Waals surface area contributed by atoms with E-state index in [9.17, 15) is 14.0 Å². The quantitative estimate of drug-likeness (QED) is 0.899. The molecule has 1 saturated carbocycles. The number of likely N-dealkylation sites (tertiary alicyclic amines) is 1. The minimum Gasteiger partial charge on any atom is -0.351 e. The normalized spacial score (nSPS) is 22.1. The van der Waals surface area contributed by atoms with Crippen LogP contribution in [0.25, 0.3) is 0 Å². The first-order valence-corrected chi connectivity index (χ1v) is 6.95. The third-order valence-corrected chi connectivity index (χ3v) is 3.76. The van der Waals surface area contributed by atoms with Gasteiger partial charge in [0.1, 0.15) is 5.82 Å². The van der Waals surface area contributed by atoms with Crippen LogP contribution in [0.3, 0.4) is 0 Å². The van der Waals surface area contributed by atoms with E-state index < -0.39 is 0 Å². The first kappa shape index (κ1) is 13.1. The van der Waals surface area contributed by atoms with Gasteiger partial charge in [-0.15, -0.1) is 0 Å². The molecule has 2 amide bonds. The third kappa shape index (κ3) is 2.98. The minimum absolute atomic E-state index is 0.107. The summed E-state index contributed by atoms with van der Waals surface area (Å²) in [5.74, 6) is -0.374. The van der Waals surface area contributed by atoms with Gasteiger partial charge in [-0.25, -0.2) is 4.39 Å². The van der Waals surface area contributed by atoms with Gasteiger partial charge in [0.2, 0.25) is 11.8 Å². The van der Waals surface area contributed by atoms with Crippen molar-refractivity contribution in [3.8, 4) is 0 Å². The maximum Gasteiger partial charge on any atom is 0.225 e. The lowest BCUT2D eigenvalue weighted by molar-refractivity contribution is -0.128. The summed E-state index contributed by atoms with van der Waals surface area (Å²) in [6, 6.07) is 6.31. The van der Waals surface area contributed by atoms with Crippen molar-refractivity contribution in [1.82, 2.24) is 10.2 Å². The van der Waals surface area contributed by atoms with Gasteiger partial charge in [-0.2, -0.15) is 0 Å². The first-order valence-electron chi connectivity index (χ1n) is 6.95. The van der Waals surface area contributed by atoms with E-state index in [1.54, 1.807) is 12.1 Å². The Kier molecular flexibility index (Phi) is 3.42. The van der Waals surface area contributed by atoms with E-state index in [1.807, 2.05) is 4.90 Å². The number of amides is 2. The Labute approximate surface area is 117 Å². The molecular weight excluding hydrogens is 259 g/mol. The molecule has 2 fully saturated rings. The van der Waals surface area contributed by atoms with Crippen LogP contribution in [0.15, 0.2) is 24.3 Å². The van der Waals surface area contributed by atoms with Gasteiger partial charge in [0.15, 0.2) is 0 Å². The highest BCUT2D eigenvalue weighted by atomic mass is 19.1. The summed E-state index contributed by atoms with van der Waals surface area (Å²) in [6.07, 6.45) is 2.68. The smallest absolute Gasteiger partial charge is 0.225 e. The molecule has 1 aliphatic carbocycles. The average molecular weight is 276 g/mol. The van der Waals surface area contributed by atoms with E-state index in [1.165, 1.54) is 12.1 Å². The Balaban J connectivity index is 1.53. The Morgan fingerprint density at radius 3 is 2.90 bits per heavy atom. The number of nitrogens with zero attached hydrogens (tertiary/aromatic N) is 1. The molecule has 1 saturated heterocycles. The van der Waals surface area contributed by atoms with Crippen LogP contribution in [0.2, 0.25) is 0 Å². The number of rotatable bonds is 4. The molecule has 1 aromatic carbocycles. The van der Waals surface area contributed by atoms with E-state index in [0.717, 1.165) is 12.8 Å². The highest BCUT2D eigenvalue weighted by Gasteiger charge is 2.39. The molecule has 5 heteroatoms. The van der Waals surface area contributed by atoms with E-state index >= 15 is 0 Å². The van der Waals surface area contributed by atoms with Gasteiger partial charge >= 0.3 is 0 Å². The molecule has 1 N–H and O–H groups in total. The zero-order valence-corrected chi connectivity index (χ0v) is 11.1. The zero-order chi connectivity index (χ0) is 14.1. The van der Waals surface area contributed by atoms with Crippen molar-refractivity contribution in [2.24, 2.45) is 0 Å². The van der Waals surface area contributed by atoms with Crippen molar-refractivity contribution in [3.05, 3.63) is 35.6 Å². The fourth-order valence-electron chi connectivity index (χ4n) is 2.68. The molecule has 1 heterocycles. The summed E-state index contributed by atoms with van der Waals surface area (Å²) in [5, 5.41) is 2.87. The molecule has 106 valence electrons. The molecule has 1 atom stereocenters. The second-order valence-corrected chi connectivity index (χ2v) is 5.55. The fourth-order valence-corrected chi connectivity index (χ4v) is 2.68. The molecule has 0 aromatic heterocycles. The van der Waals surface area contributed by atoms with Gasteiger partial charge in [-0.1, -0.05) is 12.1 Å². The van der Waals surface area contributed by atoms with Gasteiger partial charge < -0.3 is 10.2 Å². The predicted octanol–water partition coefficient (Wildman–Crippen LogP) is 1.25. The lowest BCUT2D eigenvalue weighted by Crippen LogP contribution is -2.38. The van der Waals surface area contributed by atoms with Gasteiger partial charge in [0, 0.05) is 19.0 Å². The van der Waals surface area contributed by atoms with Gasteiger partial charge in [0.25, 0.3) is 0 Å². The Hall–Kier alpha value is -1.91. The number of carbonyl (C=O) groups excluding carboxylic acids is 2. The number of hydrogen-bond donors (Lipinski definition) is 1. The van der Waals surface area contributed by atoms with Crippen molar-refractivity contribution in [2.75, 3.05) is 6.54 Å². The number of benzene rings is 1. The third-order valence-electron chi connectivity index (χ3n) is 3.76. The minimum atomic E-state index is -0.341. The largest absolute Gasteiger partial charge is 0.351 e. The molecule has 1 unspecified atom stereocenters. The predicted molar refractivity (Wildman–Crippen MR) is 71.4 cm³/mol. The second kappa shape index (κ2) is 5.23. The van der Waals surface area contributed by atoms with Crippen molar-refractivity contribution < 1.29 is 14.0 Å². The van der Waals surface area contributed by atoms with Crippen molar-refractivity contribution in [1.29, 1.82) is 0 Å². The highest BCUT2D eigenvalue weighted by molar-refractivity contribution is 5.83. The lowest BCUT2D eigenvalue weighted by atomic mass is 10.1. The number of halogens is 1. The van der Waals surface area contributed by atoms with E-state index in [4.69, 9.17) is 0 Å². The molecular formula is C15H17FN2O2. The van der Waals surface area contributed by atoms with Crippen LogP contribution >= 0.6 is 0 Å². The summed E-state index contributed by atoms with van der Waals surface area (Å²) in [6.45, 7) is 0.610. The number of nitrogens with one attached hydrogen (secondary N) is 1. The van der Waals surface area contributed by atoms with Gasteiger partial charge in [-0.05, 0) is 30.5 Å². The van der Waals surface area contributed by atoms with Crippen molar-refractivity contribution in [3.63, 3.8) is 0 Å². The lowest BCUT2D eigenvalue weighted by Gasteiger charge is -2.16. The summed E-state index contributed by atoms with van der Waals surface area (Å²) >= 11 is 0. The molecule has 3 rings (SSSR count). The molecule has 20 heavy (non-hydrogen) atoms. The summed E-state index contributed by atoms with van der Waals surface area (Å²) in [5.41, 5.74) is 0.644. The highest BCUT2D eigenvalue weighted by Crippen LogP contribution is 2.30. The Morgan fingerprint density at radius 1 is 1.40 bits per heavy atom. The number of hydrogen-bond acceptors (Lipinski definition) is 2. The number of carbonyl (C=O) groups is 2. The van der Waals surface area contributed by atoms with Crippen molar-refractivity contribution in [2.45, 2.75) is 37.8 Å². The maximum atomic E-state index is 13.0.